The lowest BCUT2D eigenvalue weighted by molar-refractivity contribution is -0.127. The summed E-state index contributed by atoms with van der Waals surface area (Å²) in [5.74, 6) is 1.88. The number of carbonyl (C=O) groups excluding carboxylic acids is 2. The summed E-state index contributed by atoms with van der Waals surface area (Å²) < 4.78 is 13.2. The molecule has 0 aliphatic heterocycles. The van der Waals surface area contributed by atoms with Crippen molar-refractivity contribution in [2.24, 2.45) is 23.2 Å². The van der Waals surface area contributed by atoms with E-state index in [0.717, 1.165) is 17.8 Å². The Morgan fingerprint density at radius 2 is 1.69 bits per heavy atom. The molecule has 0 aromatic heterocycles. The number of amides is 2. The Morgan fingerprint density at radius 3 is 2.28 bits per heavy atom. The van der Waals surface area contributed by atoms with Gasteiger partial charge in [-0.25, -0.2) is 4.39 Å². The second-order valence-electron chi connectivity index (χ2n) is 9.80. The number of anilines is 1. The van der Waals surface area contributed by atoms with Crippen LogP contribution in [0.5, 0.6) is 0 Å². The number of halogens is 1. The predicted octanol–water partition coefficient (Wildman–Crippen LogP) is 3.42. The number of benzene rings is 1. The van der Waals surface area contributed by atoms with E-state index in [-0.39, 0.29) is 36.4 Å². The lowest BCUT2D eigenvalue weighted by atomic mass is 9.48. The highest BCUT2D eigenvalue weighted by Crippen LogP contribution is 2.61. The largest absolute Gasteiger partial charge is 0.352 e. The molecule has 0 saturated heterocycles. The summed E-state index contributed by atoms with van der Waals surface area (Å²) in [6, 6.07) is 5.97. The number of carbonyl (C=O) groups is 2. The van der Waals surface area contributed by atoms with Crippen LogP contribution in [0.25, 0.3) is 0 Å². The minimum atomic E-state index is -0.394. The number of likely N-dealkylation sites (N-methyl/N-ethyl adjacent to an activating group) is 1. The summed E-state index contributed by atoms with van der Waals surface area (Å²) in [5.41, 5.74) is 0.695. The predicted molar refractivity (Wildman–Crippen MR) is 111 cm³/mol. The highest BCUT2D eigenvalue weighted by molar-refractivity contribution is 5.92. The minimum absolute atomic E-state index is 0.0331. The van der Waals surface area contributed by atoms with E-state index in [1.807, 2.05) is 0 Å². The first-order valence-electron chi connectivity index (χ1n) is 10.8. The van der Waals surface area contributed by atoms with Crippen molar-refractivity contribution < 1.29 is 14.0 Å². The highest BCUT2D eigenvalue weighted by Gasteiger charge is 2.53. The van der Waals surface area contributed by atoms with Crippen molar-refractivity contribution in [3.05, 3.63) is 30.1 Å². The molecule has 1 aromatic rings. The molecule has 4 fully saturated rings. The molecule has 158 valence electrons. The van der Waals surface area contributed by atoms with Crippen LogP contribution in [-0.2, 0) is 9.59 Å². The molecule has 5 rings (SSSR count). The van der Waals surface area contributed by atoms with Crippen LogP contribution in [-0.4, -0.2) is 42.9 Å². The summed E-state index contributed by atoms with van der Waals surface area (Å²) in [5, 5.41) is 5.90. The normalized spacial score (nSPS) is 31.0. The SMILES string of the molecule is C[C@H](NC(=O)CN(C)CC(=O)Nc1cccc(F)c1)C12CC3CC(CC(C3)C1)C2. The highest BCUT2D eigenvalue weighted by atomic mass is 19.1. The van der Waals surface area contributed by atoms with E-state index < -0.39 is 5.82 Å². The lowest BCUT2D eigenvalue weighted by Gasteiger charge is -2.59. The number of nitrogens with one attached hydrogen (secondary N) is 2. The zero-order chi connectivity index (χ0) is 20.6. The summed E-state index contributed by atoms with van der Waals surface area (Å²) in [7, 11) is 1.75. The van der Waals surface area contributed by atoms with Crippen LogP contribution >= 0.6 is 0 Å². The molecule has 0 heterocycles. The zero-order valence-corrected chi connectivity index (χ0v) is 17.4. The number of hydrogen-bond donors (Lipinski definition) is 2. The molecular formula is C23H32FN3O2. The Bertz CT molecular complexity index is 746. The fraction of sp³-hybridized carbons (Fsp3) is 0.652. The quantitative estimate of drug-likeness (QED) is 0.736. The van der Waals surface area contributed by atoms with Gasteiger partial charge in [0, 0.05) is 11.7 Å². The standard InChI is InChI=1S/C23H32FN3O2/c1-15(23-10-16-6-17(11-23)8-18(7-16)12-23)25-21(28)13-27(2)14-22(29)26-20-5-3-4-19(24)9-20/h3-5,9,15-18H,6-8,10-14H2,1-2H3,(H,25,28)(H,26,29)/t15-,16?,17?,18?,23?/m0/s1. The molecule has 1 atom stereocenters. The Labute approximate surface area is 172 Å². The summed E-state index contributed by atoms with van der Waals surface area (Å²) in [6.45, 7) is 2.42. The van der Waals surface area contributed by atoms with Gasteiger partial charge in [0.15, 0.2) is 0 Å². The second kappa shape index (κ2) is 8.05. The maximum Gasteiger partial charge on any atom is 0.238 e. The van der Waals surface area contributed by atoms with Crippen molar-refractivity contribution in [2.45, 2.75) is 51.5 Å². The Morgan fingerprint density at radius 1 is 1.10 bits per heavy atom. The third-order valence-corrected chi connectivity index (χ3v) is 7.32. The van der Waals surface area contributed by atoms with Crippen molar-refractivity contribution in [2.75, 3.05) is 25.5 Å². The van der Waals surface area contributed by atoms with Crippen LogP contribution in [0.1, 0.15) is 45.4 Å². The Kier molecular flexibility index (Phi) is 5.65. The van der Waals surface area contributed by atoms with Crippen LogP contribution in [0.3, 0.4) is 0 Å². The topological polar surface area (TPSA) is 61.4 Å². The van der Waals surface area contributed by atoms with E-state index in [4.69, 9.17) is 0 Å². The third-order valence-electron chi connectivity index (χ3n) is 7.32. The molecule has 4 bridgehead atoms. The average molecular weight is 402 g/mol. The summed E-state index contributed by atoms with van der Waals surface area (Å²) in [4.78, 5) is 26.5. The number of nitrogens with zero attached hydrogens (tertiary/aromatic N) is 1. The first kappa shape index (κ1) is 20.3. The van der Waals surface area contributed by atoms with Crippen molar-refractivity contribution in [3.63, 3.8) is 0 Å². The van der Waals surface area contributed by atoms with Gasteiger partial charge in [0.1, 0.15) is 5.82 Å². The number of hydrogen-bond acceptors (Lipinski definition) is 3. The van der Waals surface area contributed by atoms with Gasteiger partial charge in [-0.1, -0.05) is 6.07 Å². The van der Waals surface area contributed by atoms with Gasteiger partial charge in [0.25, 0.3) is 0 Å². The Balaban J connectivity index is 1.25. The van der Waals surface area contributed by atoms with E-state index in [9.17, 15) is 14.0 Å². The zero-order valence-electron chi connectivity index (χ0n) is 17.4. The monoisotopic (exact) mass is 401 g/mol. The fourth-order valence-electron chi connectivity index (χ4n) is 6.46. The Hall–Kier alpha value is -1.95. The smallest absolute Gasteiger partial charge is 0.238 e. The maximum atomic E-state index is 13.2. The van der Waals surface area contributed by atoms with Gasteiger partial charge in [-0.2, -0.15) is 0 Å². The average Bonchev–Trinajstić information content (AvgIpc) is 2.59. The first-order chi connectivity index (χ1) is 13.8. The maximum absolute atomic E-state index is 13.2. The molecule has 0 unspecified atom stereocenters. The molecule has 4 aliphatic carbocycles. The van der Waals surface area contributed by atoms with E-state index in [2.05, 4.69) is 17.6 Å². The molecular weight excluding hydrogens is 369 g/mol. The second-order valence-corrected chi connectivity index (χ2v) is 9.80. The molecule has 0 radical (unpaired) electrons. The van der Waals surface area contributed by atoms with Gasteiger partial charge in [-0.15, -0.1) is 0 Å². The van der Waals surface area contributed by atoms with Crippen molar-refractivity contribution >= 4 is 17.5 Å². The molecule has 6 heteroatoms. The molecule has 4 aliphatic rings. The van der Waals surface area contributed by atoms with Crippen LogP contribution < -0.4 is 10.6 Å². The van der Waals surface area contributed by atoms with Crippen molar-refractivity contribution in [3.8, 4) is 0 Å². The van der Waals surface area contributed by atoms with Crippen molar-refractivity contribution in [1.82, 2.24) is 10.2 Å². The van der Waals surface area contributed by atoms with Crippen LogP contribution in [0.15, 0.2) is 24.3 Å². The van der Waals surface area contributed by atoms with Gasteiger partial charge in [0.2, 0.25) is 11.8 Å². The molecule has 5 nitrogen and oxygen atoms in total. The van der Waals surface area contributed by atoms with Gasteiger partial charge in [-0.3, -0.25) is 14.5 Å². The van der Waals surface area contributed by atoms with Gasteiger partial charge in [0.05, 0.1) is 13.1 Å². The van der Waals surface area contributed by atoms with Crippen LogP contribution in [0, 0.1) is 29.0 Å². The molecule has 2 N–H and O–H groups in total. The van der Waals surface area contributed by atoms with Crippen molar-refractivity contribution in [1.29, 1.82) is 0 Å². The minimum Gasteiger partial charge on any atom is -0.352 e. The van der Waals surface area contributed by atoms with E-state index in [0.29, 0.717) is 5.69 Å². The molecule has 1 aromatic carbocycles. The van der Waals surface area contributed by atoms with E-state index in [1.54, 1.807) is 24.1 Å². The van der Waals surface area contributed by atoms with Crippen LogP contribution in [0.2, 0.25) is 0 Å². The molecule has 29 heavy (non-hydrogen) atoms. The van der Waals surface area contributed by atoms with Gasteiger partial charge in [-0.05, 0) is 93.9 Å². The van der Waals surface area contributed by atoms with Crippen LogP contribution in [0.4, 0.5) is 10.1 Å². The molecule has 0 spiro atoms. The van der Waals surface area contributed by atoms with Gasteiger partial charge >= 0.3 is 0 Å². The third kappa shape index (κ3) is 4.63. The summed E-state index contributed by atoms with van der Waals surface area (Å²) >= 11 is 0. The summed E-state index contributed by atoms with van der Waals surface area (Å²) in [6.07, 6.45) is 7.94. The van der Waals surface area contributed by atoms with E-state index in [1.165, 1.54) is 50.7 Å². The molecule has 4 saturated carbocycles. The van der Waals surface area contributed by atoms with E-state index >= 15 is 0 Å². The first-order valence-corrected chi connectivity index (χ1v) is 10.8. The van der Waals surface area contributed by atoms with Gasteiger partial charge < -0.3 is 10.6 Å². The molecule has 2 amide bonds. The lowest BCUT2D eigenvalue weighted by Crippen LogP contribution is -2.56. The fourth-order valence-corrected chi connectivity index (χ4v) is 6.46. The number of rotatable bonds is 7.